The van der Waals surface area contributed by atoms with Crippen LogP contribution in [-0.4, -0.2) is 15.8 Å². The lowest BCUT2D eigenvalue weighted by molar-refractivity contribution is 1.24. The Balaban J connectivity index is 1.90. The summed E-state index contributed by atoms with van der Waals surface area (Å²) in [4.78, 5) is 13.7. The van der Waals surface area contributed by atoms with Crippen molar-refractivity contribution in [1.82, 2.24) is 9.97 Å². The van der Waals surface area contributed by atoms with E-state index in [0.29, 0.717) is 11.7 Å². The molecule has 25 heavy (non-hydrogen) atoms. The van der Waals surface area contributed by atoms with Gasteiger partial charge in [0.05, 0.1) is 11.4 Å². The van der Waals surface area contributed by atoms with Gasteiger partial charge in [-0.15, -0.1) is 0 Å². The smallest absolute Gasteiger partial charge is 0.162 e. The van der Waals surface area contributed by atoms with Crippen LogP contribution in [0.1, 0.15) is 5.56 Å². The van der Waals surface area contributed by atoms with E-state index in [-0.39, 0.29) is 0 Å². The molecule has 2 N–H and O–H groups in total. The minimum Gasteiger partial charge on any atom is -0.383 e. The Bertz CT molecular complexity index is 1040. The number of hydrogen-bond acceptors (Lipinski definition) is 3. The molecule has 0 spiro atoms. The molecule has 2 aromatic carbocycles. The van der Waals surface area contributed by atoms with Crippen LogP contribution in [0.4, 0.5) is 5.82 Å². The molecular weight excluding hydrogens is 308 g/mol. The average molecular weight is 324 g/mol. The van der Waals surface area contributed by atoms with Gasteiger partial charge >= 0.3 is 0 Å². The molecule has 4 nitrogen and oxygen atoms in total. The van der Waals surface area contributed by atoms with Gasteiger partial charge in [-0.05, 0) is 23.6 Å². The number of nitrogens with zero attached hydrogens (tertiary/aromatic N) is 3. The first-order valence-electron chi connectivity index (χ1n) is 8.02. The highest BCUT2D eigenvalue weighted by Crippen LogP contribution is 2.28. The number of fused-ring (bicyclic) bond motifs is 1. The molecule has 2 aromatic heterocycles. The highest BCUT2D eigenvalue weighted by Gasteiger charge is 2.09. The minimum absolute atomic E-state index is 0.441. The first kappa shape index (κ1) is 15.0. The number of aliphatic imine (C=N–C) groups is 1. The second-order valence-electron chi connectivity index (χ2n) is 5.63. The molecule has 0 radical (unpaired) electrons. The summed E-state index contributed by atoms with van der Waals surface area (Å²) in [5.74, 6) is 1.04. The largest absolute Gasteiger partial charge is 0.383 e. The highest BCUT2D eigenvalue weighted by atomic mass is 15.0. The zero-order valence-electron chi connectivity index (χ0n) is 13.5. The number of rotatable bonds is 3. The SMILES string of the molecule is NC(=Nc1nc(-c2ccccn2)cc2ccccc12)c1ccccc1. The van der Waals surface area contributed by atoms with Crippen LogP contribution in [-0.2, 0) is 0 Å². The van der Waals surface area contributed by atoms with Crippen LogP contribution >= 0.6 is 0 Å². The van der Waals surface area contributed by atoms with Crippen molar-refractivity contribution in [2.24, 2.45) is 10.7 Å². The predicted molar refractivity (Wildman–Crippen MR) is 102 cm³/mol. The third-order valence-corrected chi connectivity index (χ3v) is 3.94. The van der Waals surface area contributed by atoms with Crippen molar-refractivity contribution in [3.05, 3.63) is 90.6 Å². The maximum absolute atomic E-state index is 6.20. The van der Waals surface area contributed by atoms with Crippen LogP contribution in [0.15, 0.2) is 90.1 Å². The molecule has 0 unspecified atom stereocenters. The van der Waals surface area contributed by atoms with E-state index in [4.69, 9.17) is 10.7 Å². The lowest BCUT2D eigenvalue weighted by Gasteiger charge is -2.07. The number of amidine groups is 1. The zero-order chi connectivity index (χ0) is 17.1. The maximum Gasteiger partial charge on any atom is 0.162 e. The lowest BCUT2D eigenvalue weighted by atomic mass is 10.1. The molecule has 0 aliphatic rings. The Hall–Kier alpha value is -3.53. The molecule has 4 heteroatoms. The molecule has 0 aliphatic heterocycles. The normalized spacial score (nSPS) is 11.6. The summed E-state index contributed by atoms with van der Waals surface area (Å²) in [6.45, 7) is 0. The second kappa shape index (κ2) is 6.53. The number of benzene rings is 2. The molecule has 0 saturated heterocycles. The van der Waals surface area contributed by atoms with Crippen LogP contribution in [0.25, 0.3) is 22.2 Å². The molecule has 0 fully saturated rings. The topological polar surface area (TPSA) is 64.2 Å². The van der Waals surface area contributed by atoms with Gasteiger partial charge in [0.15, 0.2) is 5.82 Å². The van der Waals surface area contributed by atoms with Crippen molar-refractivity contribution in [3.63, 3.8) is 0 Å². The number of aromatic nitrogens is 2. The van der Waals surface area contributed by atoms with Gasteiger partial charge in [0.2, 0.25) is 0 Å². The second-order valence-corrected chi connectivity index (χ2v) is 5.63. The van der Waals surface area contributed by atoms with Crippen molar-refractivity contribution < 1.29 is 0 Å². The fraction of sp³-hybridized carbons (Fsp3) is 0. The van der Waals surface area contributed by atoms with E-state index in [2.05, 4.69) is 9.98 Å². The van der Waals surface area contributed by atoms with Crippen molar-refractivity contribution in [1.29, 1.82) is 0 Å². The third-order valence-electron chi connectivity index (χ3n) is 3.94. The Morgan fingerprint density at radius 3 is 2.36 bits per heavy atom. The van der Waals surface area contributed by atoms with Gasteiger partial charge in [-0.2, -0.15) is 0 Å². The summed E-state index contributed by atoms with van der Waals surface area (Å²) in [6.07, 6.45) is 1.76. The molecule has 0 atom stereocenters. The van der Waals surface area contributed by atoms with Gasteiger partial charge < -0.3 is 5.73 Å². The minimum atomic E-state index is 0.441. The summed E-state index contributed by atoms with van der Waals surface area (Å²) in [5, 5.41) is 2.01. The number of pyridine rings is 2. The van der Waals surface area contributed by atoms with Crippen molar-refractivity contribution in [3.8, 4) is 11.4 Å². The molecule has 0 bridgehead atoms. The maximum atomic E-state index is 6.20. The monoisotopic (exact) mass is 324 g/mol. The van der Waals surface area contributed by atoms with Crippen molar-refractivity contribution >= 4 is 22.4 Å². The van der Waals surface area contributed by atoms with E-state index in [9.17, 15) is 0 Å². The summed E-state index contributed by atoms with van der Waals surface area (Å²) in [7, 11) is 0. The quantitative estimate of drug-likeness (QED) is 0.450. The van der Waals surface area contributed by atoms with Crippen LogP contribution in [0.5, 0.6) is 0 Å². The van der Waals surface area contributed by atoms with Gasteiger partial charge in [0.25, 0.3) is 0 Å². The molecular formula is C21H16N4. The highest BCUT2D eigenvalue weighted by molar-refractivity contribution is 6.02. The number of hydrogen-bond donors (Lipinski definition) is 1. The van der Waals surface area contributed by atoms with Crippen LogP contribution < -0.4 is 5.73 Å². The fourth-order valence-electron chi connectivity index (χ4n) is 2.70. The molecule has 2 heterocycles. The average Bonchev–Trinajstić information content (AvgIpc) is 2.69. The molecule has 0 aliphatic carbocycles. The molecule has 4 rings (SSSR count). The van der Waals surface area contributed by atoms with E-state index in [0.717, 1.165) is 27.7 Å². The predicted octanol–water partition coefficient (Wildman–Crippen LogP) is 4.33. The van der Waals surface area contributed by atoms with E-state index in [1.54, 1.807) is 6.20 Å². The zero-order valence-corrected chi connectivity index (χ0v) is 13.5. The van der Waals surface area contributed by atoms with E-state index in [1.165, 1.54) is 0 Å². The first-order chi connectivity index (χ1) is 12.3. The standard InChI is InChI=1S/C21H16N4/c22-20(15-8-2-1-3-9-15)25-21-17-11-5-4-10-16(17)14-19(24-21)18-12-6-7-13-23-18/h1-14H,(H2,22,24,25). The van der Waals surface area contributed by atoms with Gasteiger partial charge in [0.1, 0.15) is 5.84 Å². The van der Waals surface area contributed by atoms with Crippen molar-refractivity contribution in [2.45, 2.75) is 0 Å². The van der Waals surface area contributed by atoms with Crippen LogP contribution in [0, 0.1) is 0 Å². The first-order valence-corrected chi connectivity index (χ1v) is 8.02. The lowest BCUT2D eigenvalue weighted by Crippen LogP contribution is -2.12. The Morgan fingerprint density at radius 2 is 1.56 bits per heavy atom. The van der Waals surface area contributed by atoms with E-state index >= 15 is 0 Å². The van der Waals surface area contributed by atoms with E-state index in [1.807, 2.05) is 78.9 Å². The van der Waals surface area contributed by atoms with Gasteiger partial charge in [0, 0.05) is 17.1 Å². The third kappa shape index (κ3) is 3.10. The Kier molecular flexibility index (Phi) is 3.92. The van der Waals surface area contributed by atoms with Crippen LogP contribution in [0.2, 0.25) is 0 Å². The molecule has 0 amide bonds. The van der Waals surface area contributed by atoms with Gasteiger partial charge in [-0.3, -0.25) is 4.98 Å². The van der Waals surface area contributed by atoms with Crippen LogP contribution in [0.3, 0.4) is 0 Å². The van der Waals surface area contributed by atoms with Crippen molar-refractivity contribution in [2.75, 3.05) is 0 Å². The van der Waals surface area contributed by atoms with Gasteiger partial charge in [-0.25, -0.2) is 9.98 Å². The summed E-state index contributed by atoms with van der Waals surface area (Å²) < 4.78 is 0. The van der Waals surface area contributed by atoms with E-state index < -0.39 is 0 Å². The summed E-state index contributed by atoms with van der Waals surface area (Å²) >= 11 is 0. The Morgan fingerprint density at radius 1 is 0.800 bits per heavy atom. The summed E-state index contributed by atoms with van der Waals surface area (Å²) in [6, 6.07) is 25.5. The van der Waals surface area contributed by atoms with Gasteiger partial charge in [-0.1, -0.05) is 60.7 Å². The summed E-state index contributed by atoms with van der Waals surface area (Å²) in [5.41, 5.74) is 8.66. The molecule has 0 saturated carbocycles. The number of nitrogens with two attached hydrogens (primary N) is 1. The fourth-order valence-corrected chi connectivity index (χ4v) is 2.70. The Labute approximate surface area is 145 Å². The molecule has 120 valence electrons. The molecule has 4 aromatic rings.